The first-order valence-corrected chi connectivity index (χ1v) is 11.2. The first-order valence-electron chi connectivity index (χ1n) is 9.07. The van der Waals surface area contributed by atoms with E-state index in [0.29, 0.717) is 11.6 Å². The van der Waals surface area contributed by atoms with Crippen molar-refractivity contribution in [1.29, 1.82) is 0 Å². The Hall–Kier alpha value is -1.97. The maximum absolute atomic E-state index is 8.36. The van der Waals surface area contributed by atoms with E-state index in [1.807, 2.05) is 59.3 Å². The van der Waals surface area contributed by atoms with Crippen LogP contribution in [0.1, 0.15) is 23.6 Å². The van der Waals surface area contributed by atoms with Crippen molar-refractivity contribution in [2.24, 2.45) is 0 Å². The quantitative estimate of drug-likeness (QED) is 0.117. The average Bonchev–Trinajstić information content (AvgIpc) is 3.27. The van der Waals surface area contributed by atoms with Gasteiger partial charge in [0.1, 0.15) is 11.6 Å². The lowest BCUT2D eigenvalue weighted by Crippen LogP contribution is -2.16. The van der Waals surface area contributed by atoms with Crippen LogP contribution >= 0.6 is 46.6 Å². The number of aromatic nitrogens is 2. The van der Waals surface area contributed by atoms with Gasteiger partial charge in [-0.3, -0.25) is 0 Å². The summed E-state index contributed by atoms with van der Waals surface area (Å²) in [5.41, 5.74) is 0.594. The number of hydrogen-bond donors (Lipinski definition) is 1. The van der Waals surface area contributed by atoms with E-state index in [1.54, 1.807) is 24.3 Å². The zero-order valence-corrected chi connectivity index (χ0v) is 19.3. The third-order valence-electron chi connectivity index (χ3n) is 3.93. The number of nitrogens with zero attached hydrogens (tertiary/aromatic N) is 3. The molecule has 1 N–H and O–H groups in total. The first-order chi connectivity index (χ1) is 14.9. The smallest absolute Gasteiger partial charge is 0.291 e. The number of thioether (sulfide) groups is 1. The number of alkyl halides is 1. The molecule has 0 bridgehead atoms. The highest BCUT2D eigenvalue weighted by molar-refractivity contribution is 7.99. The fraction of sp³-hybridized carbons (Fsp3) is 0.250. The van der Waals surface area contributed by atoms with Gasteiger partial charge in [-0.25, -0.2) is 4.98 Å². The van der Waals surface area contributed by atoms with E-state index in [1.165, 1.54) is 4.90 Å². The lowest BCUT2D eigenvalue weighted by Gasteiger charge is -2.24. The summed E-state index contributed by atoms with van der Waals surface area (Å²) in [6.45, 7) is 0.603. The van der Waals surface area contributed by atoms with E-state index in [0.717, 1.165) is 22.8 Å². The number of rotatable bonds is 9. The molecule has 0 spiro atoms. The monoisotopic (exact) mass is 503 g/mol. The minimum Gasteiger partial charge on any atom is -0.370 e. The summed E-state index contributed by atoms with van der Waals surface area (Å²) in [6, 6.07) is 15.4. The summed E-state index contributed by atoms with van der Waals surface area (Å²) in [5, 5.41) is 15.1. The van der Waals surface area contributed by atoms with Gasteiger partial charge in [0.25, 0.3) is 5.09 Å². The Morgan fingerprint density at radius 3 is 2.26 bits per heavy atom. The van der Waals surface area contributed by atoms with Crippen molar-refractivity contribution in [2.45, 2.75) is 22.9 Å². The van der Waals surface area contributed by atoms with Crippen molar-refractivity contribution in [3.63, 3.8) is 0 Å². The summed E-state index contributed by atoms with van der Waals surface area (Å²) in [5.74, 6) is 0.951. The van der Waals surface area contributed by atoms with Crippen LogP contribution in [0.25, 0.3) is 0 Å². The van der Waals surface area contributed by atoms with Crippen molar-refractivity contribution in [2.75, 3.05) is 12.4 Å². The van der Waals surface area contributed by atoms with Crippen LogP contribution in [0.3, 0.4) is 0 Å². The van der Waals surface area contributed by atoms with Crippen molar-refractivity contribution >= 4 is 46.6 Å². The summed E-state index contributed by atoms with van der Waals surface area (Å²) in [4.78, 5) is 13.6. The highest BCUT2D eigenvalue weighted by atomic mass is 35.5. The first kappa shape index (κ1) is 25.3. The van der Waals surface area contributed by atoms with E-state index >= 15 is 0 Å². The highest BCUT2D eigenvalue weighted by Crippen LogP contribution is 2.34. The Morgan fingerprint density at radius 2 is 1.71 bits per heavy atom. The Morgan fingerprint density at radius 1 is 1.13 bits per heavy atom. The number of imidazole rings is 1. The van der Waals surface area contributed by atoms with Gasteiger partial charge >= 0.3 is 0 Å². The zero-order chi connectivity index (χ0) is 22.6. The second-order valence-corrected chi connectivity index (χ2v) is 8.61. The molecule has 11 heteroatoms. The van der Waals surface area contributed by atoms with Crippen LogP contribution in [-0.2, 0) is 4.74 Å². The van der Waals surface area contributed by atoms with Crippen LogP contribution in [0, 0.1) is 10.1 Å². The van der Waals surface area contributed by atoms with Crippen molar-refractivity contribution in [3.05, 3.63) is 93.0 Å². The fourth-order valence-electron chi connectivity index (χ4n) is 2.55. The molecule has 1 aromatic heterocycles. The molecular formula is C20H20Cl3N3O4S. The van der Waals surface area contributed by atoms with E-state index in [-0.39, 0.29) is 6.10 Å². The molecule has 7 nitrogen and oxygen atoms in total. The molecule has 1 heterocycles. The van der Waals surface area contributed by atoms with Crippen LogP contribution in [0.5, 0.6) is 0 Å². The van der Waals surface area contributed by atoms with E-state index in [2.05, 4.69) is 4.98 Å². The standard InChI is InChI=1S/C20H19Cl3N2OS.HNO3/c21-16-4-2-15(3-5-16)19(20(23)25-11-10-24-14-25)26-12-1-13-27-18-8-6-17(22)7-9-18;2-1(3)4/h2-11,14,19-20H,1,12-13H2;(H,2,3,4). The molecule has 31 heavy (non-hydrogen) atoms. The third-order valence-corrected chi connectivity index (χ3v) is 5.98. The Bertz CT molecular complexity index is 908. The molecular weight excluding hydrogens is 485 g/mol. The van der Waals surface area contributed by atoms with E-state index in [9.17, 15) is 0 Å². The molecule has 3 rings (SSSR count). The molecule has 0 aliphatic carbocycles. The molecule has 0 radical (unpaired) electrons. The van der Waals surface area contributed by atoms with Crippen LogP contribution in [0.4, 0.5) is 0 Å². The SMILES string of the molecule is Clc1ccc(SCCCOC(c2ccc(Cl)cc2)C(Cl)n2ccnc2)cc1.O=[N+]([O-])O. The molecule has 0 fully saturated rings. The molecule has 0 saturated carbocycles. The molecule has 0 aliphatic rings. The average molecular weight is 505 g/mol. The van der Waals surface area contributed by atoms with Gasteiger partial charge in [-0.1, -0.05) is 46.9 Å². The van der Waals surface area contributed by atoms with E-state index < -0.39 is 10.6 Å². The molecule has 2 atom stereocenters. The molecule has 2 aromatic carbocycles. The van der Waals surface area contributed by atoms with Crippen molar-refractivity contribution < 1.29 is 15.0 Å². The van der Waals surface area contributed by atoms with Crippen molar-refractivity contribution in [1.82, 2.24) is 9.55 Å². The summed E-state index contributed by atoms with van der Waals surface area (Å²) in [6.07, 6.45) is 5.85. The van der Waals surface area contributed by atoms with Crippen LogP contribution in [0.15, 0.2) is 72.1 Å². The predicted molar refractivity (Wildman–Crippen MR) is 123 cm³/mol. The number of halogens is 3. The van der Waals surface area contributed by atoms with Gasteiger partial charge in [-0.05, 0) is 48.4 Å². The lowest BCUT2D eigenvalue weighted by atomic mass is 10.1. The Labute approximate surface area is 199 Å². The second-order valence-electron chi connectivity index (χ2n) is 6.12. The Kier molecular flexibility index (Phi) is 11.0. The molecule has 3 aromatic rings. The number of hydrogen-bond acceptors (Lipinski definition) is 5. The largest absolute Gasteiger partial charge is 0.370 e. The highest BCUT2D eigenvalue weighted by Gasteiger charge is 2.23. The predicted octanol–water partition coefficient (Wildman–Crippen LogP) is 6.52. The molecule has 0 amide bonds. The third kappa shape index (κ3) is 9.37. The van der Waals surface area contributed by atoms with E-state index in [4.69, 9.17) is 54.9 Å². The van der Waals surface area contributed by atoms with Gasteiger partial charge in [0.2, 0.25) is 0 Å². The summed E-state index contributed by atoms with van der Waals surface area (Å²) >= 11 is 20.4. The van der Waals surface area contributed by atoms with Crippen LogP contribution in [0.2, 0.25) is 10.0 Å². The molecule has 166 valence electrons. The minimum absolute atomic E-state index is 0.293. The van der Waals surface area contributed by atoms with Gasteiger partial charge in [-0.2, -0.15) is 0 Å². The van der Waals surface area contributed by atoms with Crippen molar-refractivity contribution in [3.8, 4) is 0 Å². The molecule has 0 aliphatic heterocycles. The normalized spacial score (nSPS) is 12.5. The summed E-state index contributed by atoms with van der Waals surface area (Å²) in [7, 11) is 0. The maximum atomic E-state index is 8.36. The number of benzene rings is 2. The minimum atomic E-state index is -1.50. The Balaban J connectivity index is 0.000000785. The summed E-state index contributed by atoms with van der Waals surface area (Å²) < 4.78 is 7.99. The lowest BCUT2D eigenvalue weighted by molar-refractivity contribution is -0.742. The number of ether oxygens (including phenoxy) is 1. The van der Waals surface area contributed by atoms with Gasteiger partial charge in [0.05, 0.1) is 6.33 Å². The zero-order valence-electron chi connectivity index (χ0n) is 16.2. The maximum Gasteiger partial charge on any atom is 0.291 e. The van der Waals surface area contributed by atoms with Crippen LogP contribution < -0.4 is 0 Å². The molecule has 0 saturated heterocycles. The molecule has 2 unspecified atom stereocenters. The van der Waals surface area contributed by atoms with Crippen LogP contribution in [-0.4, -0.2) is 32.2 Å². The second kappa shape index (κ2) is 13.4. The van der Waals surface area contributed by atoms with Gasteiger partial charge in [0, 0.05) is 39.7 Å². The van der Waals surface area contributed by atoms with Gasteiger partial charge in [-0.15, -0.1) is 21.9 Å². The fourth-order valence-corrected chi connectivity index (χ4v) is 3.96. The van der Waals surface area contributed by atoms with Gasteiger partial charge < -0.3 is 14.5 Å². The topological polar surface area (TPSA) is 90.4 Å². The van der Waals surface area contributed by atoms with Gasteiger partial charge in [0.15, 0.2) is 0 Å².